The van der Waals surface area contributed by atoms with E-state index in [-0.39, 0.29) is 11.7 Å². The quantitative estimate of drug-likeness (QED) is 0.689. The van der Waals surface area contributed by atoms with Crippen LogP contribution in [-0.4, -0.2) is 27.5 Å². The first kappa shape index (κ1) is 16.0. The molecule has 0 saturated heterocycles. The molecule has 3 N–H and O–H groups in total. The third kappa shape index (κ3) is 3.54. The lowest BCUT2D eigenvalue weighted by Crippen LogP contribution is -2.16. The third-order valence-corrected chi connectivity index (χ3v) is 4.15. The minimum atomic E-state index is -0.469. The Hall–Kier alpha value is -2.87. The van der Waals surface area contributed by atoms with E-state index in [2.05, 4.69) is 15.3 Å². The molecule has 3 rings (SSSR count). The van der Waals surface area contributed by atoms with Gasteiger partial charge in [0, 0.05) is 18.8 Å². The highest BCUT2D eigenvalue weighted by atomic mass is 32.2. The van der Waals surface area contributed by atoms with Gasteiger partial charge in [-0.2, -0.15) is 0 Å². The lowest BCUT2D eigenvalue weighted by molar-refractivity contribution is -0.115. The lowest BCUT2D eigenvalue weighted by Gasteiger charge is -2.08. The number of primary amides is 1. The molecule has 0 aliphatic heterocycles. The molecule has 0 saturated carbocycles. The third-order valence-electron chi connectivity index (χ3n) is 3.12. The number of anilines is 1. The van der Waals surface area contributed by atoms with E-state index in [1.165, 1.54) is 0 Å². The normalized spacial score (nSPS) is 10.7. The van der Waals surface area contributed by atoms with Gasteiger partial charge in [0.1, 0.15) is 10.5 Å². The predicted molar refractivity (Wildman–Crippen MR) is 90.9 cm³/mol. The molecule has 3 aromatic rings. The van der Waals surface area contributed by atoms with E-state index in [0.717, 1.165) is 11.8 Å². The van der Waals surface area contributed by atoms with Crippen LogP contribution >= 0.6 is 11.8 Å². The van der Waals surface area contributed by atoms with Gasteiger partial charge in [0.05, 0.1) is 11.3 Å². The Kier molecular flexibility index (Phi) is 4.48. The van der Waals surface area contributed by atoms with Gasteiger partial charge in [-0.05, 0) is 30.3 Å². The van der Waals surface area contributed by atoms with Crippen LogP contribution < -0.4 is 11.1 Å². The Bertz CT molecular complexity index is 923. The number of benzene rings is 1. The van der Waals surface area contributed by atoms with Gasteiger partial charge in [-0.1, -0.05) is 11.8 Å². The molecule has 8 heteroatoms. The number of hydrogen-bond acceptors (Lipinski definition) is 6. The van der Waals surface area contributed by atoms with Crippen molar-refractivity contribution in [2.24, 2.45) is 5.73 Å². The number of carbonyl (C=O) groups excluding carboxylic acids is 2. The number of amides is 2. The molecule has 24 heavy (non-hydrogen) atoms. The number of pyridine rings is 1. The van der Waals surface area contributed by atoms with Gasteiger partial charge in [-0.15, -0.1) is 0 Å². The van der Waals surface area contributed by atoms with E-state index in [1.807, 2.05) is 0 Å². The molecule has 2 amide bonds. The average molecular weight is 342 g/mol. The van der Waals surface area contributed by atoms with Crippen molar-refractivity contribution in [1.29, 1.82) is 0 Å². The number of nitrogens with one attached hydrogen (secondary N) is 1. The summed E-state index contributed by atoms with van der Waals surface area (Å²) in [6, 6.07) is 8.52. The first-order valence-electron chi connectivity index (χ1n) is 7.07. The smallest absolute Gasteiger partial charge is 0.258 e. The summed E-state index contributed by atoms with van der Waals surface area (Å²) in [7, 11) is 0. The first-order chi connectivity index (χ1) is 11.5. The van der Waals surface area contributed by atoms with Gasteiger partial charge >= 0.3 is 0 Å². The van der Waals surface area contributed by atoms with Gasteiger partial charge in [-0.3, -0.25) is 9.59 Å². The SMILES string of the molecule is Cc1nc2cc(NC(=O)c3cccnc3SCC(N)=O)ccc2o1. The fourth-order valence-electron chi connectivity index (χ4n) is 2.14. The van der Waals surface area contributed by atoms with Gasteiger partial charge in [0.25, 0.3) is 5.91 Å². The number of oxazole rings is 1. The summed E-state index contributed by atoms with van der Waals surface area (Å²) < 4.78 is 5.41. The zero-order valence-electron chi connectivity index (χ0n) is 12.8. The molecule has 0 aliphatic rings. The van der Waals surface area contributed by atoms with Crippen molar-refractivity contribution >= 4 is 40.4 Å². The first-order valence-corrected chi connectivity index (χ1v) is 8.06. The molecule has 0 fully saturated rings. The Balaban J connectivity index is 1.82. The Morgan fingerprint density at radius 3 is 2.96 bits per heavy atom. The van der Waals surface area contributed by atoms with E-state index < -0.39 is 5.91 Å². The van der Waals surface area contributed by atoms with Gasteiger partial charge in [-0.25, -0.2) is 9.97 Å². The van der Waals surface area contributed by atoms with Crippen LogP contribution in [0.25, 0.3) is 11.1 Å². The molecule has 0 aliphatic carbocycles. The molecular weight excluding hydrogens is 328 g/mol. The largest absolute Gasteiger partial charge is 0.441 e. The van der Waals surface area contributed by atoms with E-state index in [4.69, 9.17) is 10.2 Å². The summed E-state index contributed by atoms with van der Waals surface area (Å²) in [5, 5.41) is 3.25. The van der Waals surface area contributed by atoms with Crippen LogP contribution in [0.1, 0.15) is 16.2 Å². The van der Waals surface area contributed by atoms with Crippen LogP contribution in [0.15, 0.2) is 46.0 Å². The number of fused-ring (bicyclic) bond motifs is 1. The fraction of sp³-hybridized carbons (Fsp3) is 0.125. The van der Waals surface area contributed by atoms with Crippen LogP contribution in [0, 0.1) is 6.92 Å². The van der Waals surface area contributed by atoms with Crippen molar-refractivity contribution in [3.8, 4) is 0 Å². The van der Waals surface area contributed by atoms with Crippen LogP contribution in [0.2, 0.25) is 0 Å². The van der Waals surface area contributed by atoms with Crippen LogP contribution in [0.3, 0.4) is 0 Å². The summed E-state index contributed by atoms with van der Waals surface area (Å²) in [6.07, 6.45) is 1.56. The molecular formula is C16H14N4O3S. The molecule has 0 atom stereocenters. The average Bonchev–Trinajstić information content (AvgIpc) is 2.92. The van der Waals surface area contributed by atoms with Crippen LogP contribution in [0.4, 0.5) is 5.69 Å². The van der Waals surface area contributed by atoms with Crippen molar-refractivity contribution in [3.05, 3.63) is 48.0 Å². The molecule has 2 heterocycles. The number of hydrogen-bond donors (Lipinski definition) is 2. The van der Waals surface area contributed by atoms with Crippen molar-refractivity contribution in [1.82, 2.24) is 9.97 Å². The summed E-state index contributed by atoms with van der Waals surface area (Å²) in [5.41, 5.74) is 7.43. The Morgan fingerprint density at radius 1 is 1.33 bits per heavy atom. The number of thioether (sulfide) groups is 1. The maximum atomic E-state index is 12.5. The van der Waals surface area contributed by atoms with E-state index in [9.17, 15) is 9.59 Å². The molecule has 7 nitrogen and oxygen atoms in total. The monoisotopic (exact) mass is 342 g/mol. The number of nitrogens with zero attached hydrogens (tertiary/aromatic N) is 2. The second-order valence-electron chi connectivity index (χ2n) is 4.98. The van der Waals surface area contributed by atoms with Gasteiger partial charge in [0.15, 0.2) is 11.5 Å². The molecule has 122 valence electrons. The van der Waals surface area contributed by atoms with Crippen molar-refractivity contribution < 1.29 is 14.0 Å². The van der Waals surface area contributed by atoms with Crippen molar-refractivity contribution in [3.63, 3.8) is 0 Å². The van der Waals surface area contributed by atoms with Crippen molar-refractivity contribution in [2.45, 2.75) is 11.9 Å². The zero-order valence-corrected chi connectivity index (χ0v) is 13.6. The number of rotatable bonds is 5. The maximum Gasteiger partial charge on any atom is 0.258 e. The topological polar surface area (TPSA) is 111 Å². The van der Waals surface area contributed by atoms with Gasteiger partial charge in [0.2, 0.25) is 5.91 Å². The number of aromatic nitrogens is 2. The zero-order chi connectivity index (χ0) is 17.1. The van der Waals surface area contributed by atoms with E-state index in [1.54, 1.807) is 43.5 Å². The minimum Gasteiger partial charge on any atom is -0.441 e. The predicted octanol–water partition coefficient (Wildman–Crippen LogP) is 2.36. The van der Waals surface area contributed by atoms with Gasteiger partial charge < -0.3 is 15.5 Å². The highest BCUT2D eigenvalue weighted by Crippen LogP contribution is 2.23. The fourth-order valence-corrected chi connectivity index (χ4v) is 2.87. The van der Waals surface area contributed by atoms with E-state index in [0.29, 0.717) is 33.3 Å². The molecule has 0 spiro atoms. The molecule has 0 radical (unpaired) electrons. The minimum absolute atomic E-state index is 0.0570. The van der Waals surface area contributed by atoms with Crippen molar-refractivity contribution in [2.75, 3.05) is 11.1 Å². The maximum absolute atomic E-state index is 12.5. The molecule has 0 unspecified atom stereocenters. The van der Waals surface area contributed by atoms with Crippen LogP contribution in [0.5, 0.6) is 0 Å². The Labute approximate surface area is 141 Å². The molecule has 2 aromatic heterocycles. The number of aryl methyl sites for hydroxylation is 1. The second-order valence-corrected chi connectivity index (χ2v) is 5.94. The number of carbonyl (C=O) groups is 2. The summed E-state index contributed by atoms with van der Waals surface area (Å²) >= 11 is 1.13. The molecule has 0 bridgehead atoms. The summed E-state index contributed by atoms with van der Waals surface area (Å²) in [5.74, 6) is -0.175. The lowest BCUT2D eigenvalue weighted by atomic mass is 10.2. The second kappa shape index (κ2) is 6.71. The number of nitrogens with two attached hydrogens (primary N) is 1. The summed E-state index contributed by atoms with van der Waals surface area (Å²) in [6.45, 7) is 1.76. The highest BCUT2D eigenvalue weighted by molar-refractivity contribution is 8.00. The van der Waals surface area contributed by atoms with Crippen LogP contribution in [-0.2, 0) is 4.79 Å². The Morgan fingerprint density at radius 2 is 2.17 bits per heavy atom. The molecule has 1 aromatic carbocycles. The highest BCUT2D eigenvalue weighted by Gasteiger charge is 2.14. The van der Waals surface area contributed by atoms with E-state index >= 15 is 0 Å². The summed E-state index contributed by atoms with van der Waals surface area (Å²) in [4.78, 5) is 31.8. The standard InChI is InChI=1S/C16H14N4O3S/c1-9-19-12-7-10(4-5-13(12)23-9)20-15(22)11-3-2-6-18-16(11)24-8-14(17)21/h2-7H,8H2,1H3,(H2,17,21)(H,20,22).